The number of nitrogens with one attached hydrogen (secondary N) is 1. The molecule has 1 N–H and O–H groups in total. The number of aryl methyl sites for hydroxylation is 1. The molecular formula is C20H24N2O6S2. The SMILES string of the molecule is COC(=O)c1cc(CSCC(=O)Nc2cccc(S(=O)(=O)N3CCCC3)c2)oc1C. The summed E-state index contributed by atoms with van der Waals surface area (Å²) in [4.78, 5) is 24.0. The second-order valence-corrected chi connectivity index (χ2v) is 9.78. The molecule has 30 heavy (non-hydrogen) atoms. The number of benzene rings is 1. The molecule has 10 heteroatoms. The van der Waals surface area contributed by atoms with Gasteiger partial charge in [0.1, 0.15) is 17.1 Å². The van der Waals surface area contributed by atoms with Gasteiger partial charge in [-0.3, -0.25) is 4.79 Å². The summed E-state index contributed by atoms with van der Waals surface area (Å²) in [5.74, 6) is 0.883. The Morgan fingerprint density at radius 1 is 1.23 bits per heavy atom. The molecule has 0 spiro atoms. The minimum atomic E-state index is -3.53. The fourth-order valence-electron chi connectivity index (χ4n) is 3.18. The van der Waals surface area contributed by atoms with Crippen LogP contribution in [0.5, 0.6) is 0 Å². The molecule has 0 radical (unpaired) electrons. The molecule has 2 heterocycles. The van der Waals surface area contributed by atoms with Crippen molar-refractivity contribution in [1.82, 2.24) is 4.31 Å². The van der Waals surface area contributed by atoms with E-state index in [2.05, 4.69) is 10.1 Å². The van der Waals surface area contributed by atoms with E-state index in [0.29, 0.717) is 41.6 Å². The second kappa shape index (κ2) is 9.67. The number of rotatable bonds is 8. The summed E-state index contributed by atoms with van der Waals surface area (Å²) in [6, 6.07) is 7.90. The van der Waals surface area contributed by atoms with E-state index in [-0.39, 0.29) is 16.6 Å². The second-order valence-electron chi connectivity index (χ2n) is 6.85. The summed E-state index contributed by atoms with van der Waals surface area (Å²) in [5.41, 5.74) is 0.802. The largest absolute Gasteiger partial charge is 0.465 e. The van der Waals surface area contributed by atoms with Crippen molar-refractivity contribution >= 4 is 39.3 Å². The van der Waals surface area contributed by atoms with Crippen LogP contribution in [-0.4, -0.2) is 50.6 Å². The molecule has 1 saturated heterocycles. The lowest BCUT2D eigenvalue weighted by Gasteiger charge is -2.16. The number of anilines is 1. The highest BCUT2D eigenvalue weighted by Crippen LogP contribution is 2.24. The lowest BCUT2D eigenvalue weighted by molar-refractivity contribution is -0.113. The van der Waals surface area contributed by atoms with Crippen LogP contribution >= 0.6 is 11.8 Å². The summed E-state index contributed by atoms with van der Waals surface area (Å²) in [5, 5.41) is 2.73. The van der Waals surface area contributed by atoms with E-state index in [1.54, 1.807) is 25.1 Å². The van der Waals surface area contributed by atoms with Gasteiger partial charge >= 0.3 is 5.97 Å². The highest BCUT2D eigenvalue weighted by Gasteiger charge is 2.27. The van der Waals surface area contributed by atoms with Crippen LogP contribution in [-0.2, 0) is 25.3 Å². The average Bonchev–Trinajstić information content (AvgIpc) is 3.38. The number of hydrogen-bond acceptors (Lipinski definition) is 7. The van der Waals surface area contributed by atoms with E-state index >= 15 is 0 Å². The third kappa shape index (κ3) is 5.24. The summed E-state index contributed by atoms with van der Waals surface area (Å²) >= 11 is 1.32. The molecule has 1 aliphatic heterocycles. The first-order chi connectivity index (χ1) is 14.3. The number of sulfonamides is 1. The third-order valence-electron chi connectivity index (χ3n) is 4.67. The van der Waals surface area contributed by atoms with Crippen LogP contribution in [0.25, 0.3) is 0 Å². The summed E-state index contributed by atoms with van der Waals surface area (Å²) in [6.07, 6.45) is 1.73. The van der Waals surface area contributed by atoms with Crippen LogP contribution in [0.15, 0.2) is 39.6 Å². The van der Waals surface area contributed by atoms with Gasteiger partial charge in [-0.15, -0.1) is 11.8 Å². The van der Waals surface area contributed by atoms with E-state index in [9.17, 15) is 18.0 Å². The molecule has 0 bridgehead atoms. The summed E-state index contributed by atoms with van der Waals surface area (Å²) < 4.78 is 37.0. The third-order valence-corrected chi connectivity index (χ3v) is 7.52. The van der Waals surface area contributed by atoms with Crippen LogP contribution in [0.4, 0.5) is 5.69 Å². The molecule has 0 aliphatic carbocycles. The fourth-order valence-corrected chi connectivity index (χ4v) is 5.45. The number of carbonyl (C=O) groups excluding carboxylic acids is 2. The van der Waals surface area contributed by atoms with E-state index in [4.69, 9.17) is 4.42 Å². The van der Waals surface area contributed by atoms with Crippen LogP contribution in [0, 0.1) is 6.92 Å². The zero-order valence-electron chi connectivity index (χ0n) is 16.8. The Morgan fingerprint density at radius 3 is 2.67 bits per heavy atom. The number of thioether (sulfide) groups is 1. The zero-order valence-corrected chi connectivity index (χ0v) is 18.5. The van der Waals surface area contributed by atoms with Crippen molar-refractivity contribution < 1.29 is 27.2 Å². The van der Waals surface area contributed by atoms with Crippen molar-refractivity contribution in [2.45, 2.75) is 30.4 Å². The van der Waals surface area contributed by atoms with Gasteiger partial charge < -0.3 is 14.5 Å². The van der Waals surface area contributed by atoms with Crippen LogP contribution in [0.1, 0.15) is 34.7 Å². The molecule has 1 aliphatic rings. The Hall–Kier alpha value is -2.30. The van der Waals surface area contributed by atoms with Crippen molar-refractivity contribution in [3.63, 3.8) is 0 Å². The topological polar surface area (TPSA) is 106 Å². The number of furan rings is 1. The van der Waals surface area contributed by atoms with Gasteiger partial charge in [-0.1, -0.05) is 6.07 Å². The quantitative estimate of drug-likeness (QED) is 0.614. The number of nitrogens with zero attached hydrogens (tertiary/aromatic N) is 1. The maximum absolute atomic E-state index is 12.7. The van der Waals surface area contributed by atoms with Crippen LogP contribution in [0.3, 0.4) is 0 Å². The molecular weight excluding hydrogens is 428 g/mol. The first kappa shape index (κ1) is 22.4. The number of amides is 1. The molecule has 8 nitrogen and oxygen atoms in total. The van der Waals surface area contributed by atoms with Crippen molar-refractivity contribution in [3.05, 3.63) is 47.4 Å². The van der Waals surface area contributed by atoms with Gasteiger partial charge in [0.25, 0.3) is 0 Å². The Labute approximate surface area is 180 Å². The van der Waals surface area contributed by atoms with E-state index in [1.165, 1.54) is 35.3 Å². The molecule has 0 saturated carbocycles. The Balaban J connectivity index is 1.55. The van der Waals surface area contributed by atoms with Crippen molar-refractivity contribution in [2.75, 3.05) is 31.3 Å². The maximum atomic E-state index is 12.7. The number of methoxy groups -OCH3 is 1. The predicted octanol–water partition coefficient (Wildman–Crippen LogP) is 3.03. The van der Waals surface area contributed by atoms with E-state index in [0.717, 1.165) is 12.8 Å². The van der Waals surface area contributed by atoms with Crippen molar-refractivity contribution in [2.24, 2.45) is 0 Å². The zero-order chi connectivity index (χ0) is 21.7. The lowest BCUT2D eigenvalue weighted by atomic mass is 10.2. The molecule has 0 atom stereocenters. The molecule has 1 aromatic carbocycles. The highest BCUT2D eigenvalue weighted by molar-refractivity contribution is 7.99. The fraction of sp³-hybridized carbons (Fsp3) is 0.400. The average molecular weight is 453 g/mol. The molecule has 0 unspecified atom stereocenters. The van der Waals surface area contributed by atoms with E-state index < -0.39 is 16.0 Å². The predicted molar refractivity (Wildman–Crippen MR) is 114 cm³/mol. The Bertz CT molecular complexity index is 1030. The van der Waals surface area contributed by atoms with Crippen LogP contribution in [0.2, 0.25) is 0 Å². The standard InChI is InChI=1S/C20H24N2O6S2/c1-14-18(20(24)27-2)11-16(28-14)12-29-13-19(23)21-15-6-5-7-17(10-15)30(25,26)22-8-3-4-9-22/h5-7,10-11H,3-4,8-9,12-13H2,1-2H3,(H,21,23). The van der Waals surface area contributed by atoms with Gasteiger partial charge in [0.2, 0.25) is 15.9 Å². The first-order valence-electron chi connectivity index (χ1n) is 9.46. The lowest BCUT2D eigenvalue weighted by Crippen LogP contribution is -2.28. The highest BCUT2D eigenvalue weighted by atomic mass is 32.2. The molecule has 162 valence electrons. The Morgan fingerprint density at radius 2 is 1.97 bits per heavy atom. The normalized spacial score (nSPS) is 14.6. The minimum Gasteiger partial charge on any atom is -0.465 e. The maximum Gasteiger partial charge on any atom is 0.341 e. The van der Waals surface area contributed by atoms with Gasteiger partial charge in [-0.2, -0.15) is 4.31 Å². The molecule has 3 rings (SSSR count). The van der Waals surface area contributed by atoms with Gasteiger partial charge in [-0.05, 0) is 44.0 Å². The number of esters is 1. The summed E-state index contributed by atoms with van der Waals surface area (Å²) in [7, 11) is -2.23. The number of hydrogen-bond donors (Lipinski definition) is 1. The van der Waals surface area contributed by atoms with Gasteiger partial charge in [-0.25, -0.2) is 13.2 Å². The number of carbonyl (C=O) groups is 2. The van der Waals surface area contributed by atoms with Crippen molar-refractivity contribution in [3.8, 4) is 0 Å². The van der Waals surface area contributed by atoms with Gasteiger partial charge in [0, 0.05) is 18.8 Å². The minimum absolute atomic E-state index is 0.149. The van der Waals surface area contributed by atoms with Crippen molar-refractivity contribution in [1.29, 1.82) is 0 Å². The number of ether oxygens (including phenoxy) is 1. The van der Waals surface area contributed by atoms with Crippen LogP contribution < -0.4 is 5.32 Å². The monoisotopic (exact) mass is 452 g/mol. The van der Waals surface area contributed by atoms with Gasteiger partial charge in [0.15, 0.2) is 0 Å². The molecule has 1 fully saturated rings. The molecule has 1 amide bonds. The smallest absolute Gasteiger partial charge is 0.341 e. The van der Waals surface area contributed by atoms with Gasteiger partial charge in [0.05, 0.1) is 23.5 Å². The molecule has 1 aromatic heterocycles. The summed E-state index contributed by atoms with van der Waals surface area (Å²) in [6.45, 7) is 2.73. The first-order valence-corrected chi connectivity index (χ1v) is 12.1. The Kier molecular flexibility index (Phi) is 7.22. The molecule has 2 aromatic rings. The van der Waals surface area contributed by atoms with E-state index in [1.807, 2.05) is 0 Å².